The van der Waals surface area contributed by atoms with E-state index < -0.39 is 5.97 Å². The Kier molecular flexibility index (Phi) is 3.31. The first-order chi connectivity index (χ1) is 3.81. The molecule has 0 aliphatic rings. The van der Waals surface area contributed by atoms with Gasteiger partial charge in [-0.25, -0.2) is 9.68 Å². The van der Waals surface area contributed by atoms with E-state index in [9.17, 15) is 4.79 Å². The van der Waals surface area contributed by atoms with Crippen LogP contribution in [0.15, 0.2) is 25.5 Å². The Labute approximate surface area is 47.1 Å². The molecule has 0 rings (SSSR count). The molecular weight excluding hydrogens is 108 g/mol. The van der Waals surface area contributed by atoms with E-state index in [-0.39, 0.29) is 0 Å². The van der Waals surface area contributed by atoms with Crippen molar-refractivity contribution in [3.63, 3.8) is 0 Å². The third-order valence-corrected chi connectivity index (χ3v) is 0.365. The minimum Gasteiger partial charge on any atom is -0.295 e. The lowest BCUT2D eigenvalue weighted by Gasteiger charge is -1.91. The van der Waals surface area contributed by atoms with Crippen molar-refractivity contribution in [2.45, 2.75) is 0 Å². The lowest BCUT2D eigenvalue weighted by atomic mass is 10.7. The van der Waals surface area contributed by atoms with Gasteiger partial charge in [-0.2, -0.15) is 0 Å². The maximum absolute atomic E-state index is 10.1. The number of carbonyl (C=O) groups is 1. The number of hydrogen-bond donors (Lipinski definition) is 0. The van der Waals surface area contributed by atoms with Gasteiger partial charge in [0.05, 0.1) is 0 Å². The fourth-order valence-corrected chi connectivity index (χ4v) is 0.115. The average molecular weight is 114 g/mol. The molecular formula is C5H6O3. The summed E-state index contributed by atoms with van der Waals surface area (Å²) in [5.41, 5.74) is 0. The maximum atomic E-state index is 10.1. The van der Waals surface area contributed by atoms with Gasteiger partial charge in [-0.3, -0.25) is 4.89 Å². The van der Waals surface area contributed by atoms with Crippen molar-refractivity contribution in [2.75, 3.05) is 0 Å². The first-order valence-electron chi connectivity index (χ1n) is 1.92. The second-order valence-corrected chi connectivity index (χ2v) is 0.869. The zero-order valence-electron chi connectivity index (χ0n) is 4.29. The molecule has 3 nitrogen and oxygen atoms in total. The largest absolute Gasteiger partial charge is 0.378 e. The molecule has 3 heteroatoms. The Balaban J connectivity index is 3.24. The molecule has 0 bridgehead atoms. The molecule has 0 N–H and O–H groups in total. The fraction of sp³-hybridized carbons (Fsp3) is 0. The van der Waals surface area contributed by atoms with Gasteiger partial charge in [0.1, 0.15) is 6.26 Å². The number of carbonyl (C=O) groups excluding carboxylic acids is 1. The van der Waals surface area contributed by atoms with Crippen LogP contribution < -0.4 is 0 Å². The maximum Gasteiger partial charge on any atom is 0.378 e. The monoisotopic (exact) mass is 114 g/mol. The summed E-state index contributed by atoms with van der Waals surface area (Å²) in [6.07, 6.45) is 1.99. The van der Waals surface area contributed by atoms with Crippen LogP contribution in [0.5, 0.6) is 0 Å². The first-order valence-corrected chi connectivity index (χ1v) is 1.92. The van der Waals surface area contributed by atoms with Gasteiger partial charge in [0, 0.05) is 6.08 Å². The van der Waals surface area contributed by atoms with Crippen molar-refractivity contribution in [1.82, 2.24) is 0 Å². The standard InChI is InChI=1S/C5H6O3/c1-3-5(6)8-7-4-2/h3-4H,1-2H2. The van der Waals surface area contributed by atoms with Crippen molar-refractivity contribution < 1.29 is 14.6 Å². The van der Waals surface area contributed by atoms with Gasteiger partial charge >= 0.3 is 5.97 Å². The summed E-state index contributed by atoms with van der Waals surface area (Å²) in [5.74, 6) is -0.634. The molecule has 0 saturated carbocycles. The Morgan fingerprint density at radius 3 is 2.50 bits per heavy atom. The molecule has 0 aromatic carbocycles. The summed E-state index contributed by atoms with van der Waals surface area (Å²) >= 11 is 0. The second kappa shape index (κ2) is 3.92. The van der Waals surface area contributed by atoms with Gasteiger partial charge in [0.2, 0.25) is 0 Å². The SMILES string of the molecule is C=COOC(=O)C=C. The van der Waals surface area contributed by atoms with Crippen LogP contribution in [0.3, 0.4) is 0 Å². The van der Waals surface area contributed by atoms with Gasteiger partial charge in [-0.15, -0.1) is 0 Å². The molecule has 8 heavy (non-hydrogen) atoms. The second-order valence-electron chi connectivity index (χ2n) is 0.869. The molecule has 0 spiro atoms. The molecule has 0 saturated heterocycles. The van der Waals surface area contributed by atoms with Crippen LogP contribution in [0.2, 0.25) is 0 Å². The molecule has 0 aliphatic heterocycles. The molecule has 0 unspecified atom stereocenters. The van der Waals surface area contributed by atoms with Crippen LogP contribution in [0, 0.1) is 0 Å². The third kappa shape index (κ3) is 2.96. The number of hydrogen-bond acceptors (Lipinski definition) is 3. The highest BCUT2D eigenvalue weighted by Crippen LogP contribution is 1.79. The minimum absolute atomic E-state index is 0.634. The zero-order chi connectivity index (χ0) is 6.41. The molecule has 0 heterocycles. The van der Waals surface area contributed by atoms with Gasteiger partial charge in [0.15, 0.2) is 0 Å². The summed E-state index contributed by atoms with van der Waals surface area (Å²) in [7, 11) is 0. The molecule has 0 aliphatic carbocycles. The minimum atomic E-state index is -0.634. The third-order valence-electron chi connectivity index (χ3n) is 0.365. The smallest absolute Gasteiger partial charge is 0.295 e. The van der Waals surface area contributed by atoms with E-state index in [1.165, 1.54) is 0 Å². The van der Waals surface area contributed by atoms with Crippen LogP contribution in [0.25, 0.3) is 0 Å². The van der Waals surface area contributed by atoms with E-state index >= 15 is 0 Å². The first kappa shape index (κ1) is 6.75. The van der Waals surface area contributed by atoms with Crippen LogP contribution in [0.4, 0.5) is 0 Å². The van der Waals surface area contributed by atoms with Gasteiger partial charge in [0.25, 0.3) is 0 Å². The highest BCUT2D eigenvalue weighted by atomic mass is 17.2. The van der Waals surface area contributed by atoms with Gasteiger partial charge < -0.3 is 0 Å². The molecule has 0 aromatic rings. The van der Waals surface area contributed by atoms with E-state index in [4.69, 9.17) is 0 Å². The zero-order valence-corrected chi connectivity index (χ0v) is 4.29. The number of rotatable bonds is 3. The molecule has 44 valence electrons. The highest BCUT2D eigenvalue weighted by Gasteiger charge is 1.90. The predicted molar refractivity (Wildman–Crippen MR) is 27.6 cm³/mol. The van der Waals surface area contributed by atoms with Crippen molar-refractivity contribution in [3.8, 4) is 0 Å². The quantitative estimate of drug-likeness (QED) is 0.235. The Morgan fingerprint density at radius 2 is 2.12 bits per heavy atom. The summed E-state index contributed by atoms with van der Waals surface area (Å²) < 4.78 is 0. The molecule has 0 aromatic heterocycles. The van der Waals surface area contributed by atoms with Crippen LogP contribution in [0.1, 0.15) is 0 Å². The fourth-order valence-electron chi connectivity index (χ4n) is 0.115. The average Bonchev–Trinajstić information content (AvgIpc) is 1.83. The molecule has 0 radical (unpaired) electrons. The lowest BCUT2D eigenvalue weighted by molar-refractivity contribution is -0.232. The van der Waals surface area contributed by atoms with Crippen molar-refractivity contribution in [3.05, 3.63) is 25.5 Å². The predicted octanol–water partition coefficient (Wildman–Crippen LogP) is 0.791. The van der Waals surface area contributed by atoms with Gasteiger partial charge in [-0.05, 0) is 0 Å². The molecule has 0 fully saturated rings. The van der Waals surface area contributed by atoms with Crippen LogP contribution in [-0.2, 0) is 14.6 Å². The Morgan fingerprint density at radius 1 is 1.50 bits per heavy atom. The Bertz CT molecular complexity index is 106. The Hall–Kier alpha value is -1.25. The van der Waals surface area contributed by atoms with E-state index in [0.717, 1.165) is 12.3 Å². The lowest BCUT2D eigenvalue weighted by Crippen LogP contribution is -1.96. The molecule has 0 amide bonds. The normalized spacial score (nSPS) is 7.00. The summed E-state index contributed by atoms with van der Waals surface area (Å²) in [4.78, 5) is 18.1. The van der Waals surface area contributed by atoms with Crippen molar-refractivity contribution in [2.24, 2.45) is 0 Å². The van der Waals surface area contributed by atoms with E-state index in [2.05, 4.69) is 22.9 Å². The molecule has 0 atom stereocenters. The topological polar surface area (TPSA) is 35.5 Å². The summed E-state index contributed by atoms with van der Waals surface area (Å²) in [6, 6.07) is 0. The van der Waals surface area contributed by atoms with E-state index in [1.807, 2.05) is 0 Å². The van der Waals surface area contributed by atoms with Crippen LogP contribution in [-0.4, -0.2) is 5.97 Å². The van der Waals surface area contributed by atoms with Gasteiger partial charge in [-0.1, -0.05) is 13.2 Å². The summed E-state index contributed by atoms with van der Waals surface area (Å²) in [6.45, 7) is 6.26. The van der Waals surface area contributed by atoms with Crippen molar-refractivity contribution >= 4 is 5.97 Å². The van der Waals surface area contributed by atoms with E-state index in [0.29, 0.717) is 0 Å². The van der Waals surface area contributed by atoms with Crippen molar-refractivity contribution in [1.29, 1.82) is 0 Å². The highest BCUT2D eigenvalue weighted by molar-refractivity contribution is 5.80. The van der Waals surface area contributed by atoms with Crippen LogP contribution >= 0.6 is 0 Å². The van der Waals surface area contributed by atoms with E-state index in [1.54, 1.807) is 0 Å². The summed E-state index contributed by atoms with van der Waals surface area (Å²) in [5, 5.41) is 0.